The van der Waals surface area contributed by atoms with Crippen LogP contribution in [-0.2, 0) is 9.59 Å². The number of thioether (sulfide) groups is 1. The van der Waals surface area contributed by atoms with Crippen molar-refractivity contribution in [1.29, 1.82) is 0 Å². The molecule has 0 N–H and O–H groups in total. The Morgan fingerprint density at radius 1 is 1.32 bits per heavy atom. The molecule has 2 saturated heterocycles. The van der Waals surface area contributed by atoms with Crippen molar-refractivity contribution >= 4 is 57.5 Å². The molecule has 0 spiro atoms. The zero-order valence-corrected chi connectivity index (χ0v) is 16.6. The summed E-state index contributed by atoms with van der Waals surface area (Å²) in [4.78, 5) is 32.3. The number of rotatable bonds is 5. The van der Waals surface area contributed by atoms with Crippen LogP contribution in [-0.4, -0.2) is 70.6 Å². The normalized spacial score (nSPS) is 20.8. The van der Waals surface area contributed by atoms with Crippen LogP contribution in [0, 0.1) is 0 Å². The molecular formula is C17H21N3O2S3. The van der Waals surface area contributed by atoms with E-state index in [4.69, 9.17) is 12.2 Å². The lowest BCUT2D eigenvalue weighted by atomic mass is 10.2. The van der Waals surface area contributed by atoms with Crippen LogP contribution in [0.15, 0.2) is 22.4 Å². The van der Waals surface area contributed by atoms with Gasteiger partial charge in [-0.1, -0.05) is 30.0 Å². The molecule has 2 aliphatic rings. The largest absolute Gasteiger partial charge is 0.340 e. The minimum Gasteiger partial charge on any atom is -0.340 e. The van der Waals surface area contributed by atoms with E-state index in [1.807, 2.05) is 28.5 Å². The smallest absolute Gasteiger partial charge is 0.266 e. The number of carbonyl (C=O) groups excluding carboxylic acids is 2. The third-order valence-corrected chi connectivity index (χ3v) is 6.52. The Morgan fingerprint density at radius 2 is 2.08 bits per heavy atom. The summed E-state index contributed by atoms with van der Waals surface area (Å²) in [6, 6.07) is 3.94. The number of hydrogen-bond donors (Lipinski definition) is 0. The average Bonchev–Trinajstić information content (AvgIpc) is 3.19. The molecule has 2 fully saturated rings. The van der Waals surface area contributed by atoms with Gasteiger partial charge in [0.05, 0.1) is 4.91 Å². The predicted octanol–water partition coefficient (Wildman–Crippen LogP) is 2.50. The van der Waals surface area contributed by atoms with Gasteiger partial charge in [-0.15, -0.1) is 11.3 Å². The van der Waals surface area contributed by atoms with Crippen molar-refractivity contribution in [2.45, 2.75) is 12.8 Å². The lowest BCUT2D eigenvalue weighted by molar-refractivity contribution is -0.133. The van der Waals surface area contributed by atoms with Crippen LogP contribution in [0.2, 0.25) is 0 Å². The standard InChI is InChI=1S/C17H21N3O2S3/c1-18-7-9-19(10-8-18)15(21)5-2-6-20-16(22)14(25-17(20)23)12-13-4-3-11-24-13/h3-4,11-12H,2,5-10H2,1H3/b14-12-. The molecular weight excluding hydrogens is 374 g/mol. The lowest BCUT2D eigenvalue weighted by Crippen LogP contribution is -2.47. The molecule has 2 aliphatic heterocycles. The molecule has 2 amide bonds. The van der Waals surface area contributed by atoms with Gasteiger partial charge in [-0.25, -0.2) is 0 Å². The molecule has 0 bridgehead atoms. The minimum atomic E-state index is -0.0459. The van der Waals surface area contributed by atoms with Crippen LogP contribution in [0.25, 0.3) is 6.08 Å². The number of piperazine rings is 1. The fraction of sp³-hybridized carbons (Fsp3) is 0.471. The second-order valence-corrected chi connectivity index (χ2v) is 8.79. The van der Waals surface area contributed by atoms with Gasteiger partial charge in [-0.05, 0) is 31.0 Å². The molecule has 25 heavy (non-hydrogen) atoms. The highest BCUT2D eigenvalue weighted by molar-refractivity contribution is 8.26. The Labute approximate surface area is 161 Å². The van der Waals surface area contributed by atoms with Crippen molar-refractivity contribution < 1.29 is 9.59 Å². The minimum absolute atomic E-state index is 0.0459. The maximum atomic E-state index is 12.5. The molecule has 0 unspecified atom stereocenters. The first kappa shape index (κ1) is 18.6. The van der Waals surface area contributed by atoms with Gasteiger partial charge in [-0.3, -0.25) is 14.5 Å². The first-order valence-electron chi connectivity index (χ1n) is 8.30. The van der Waals surface area contributed by atoms with Crippen LogP contribution >= 0.6 is 35.3 Å². The predicted molar refractivity (Wildman–Crippen MR) is 108 cm³/mol. The fourth-order valence-corrected chi connectivity index (χ4v) is 4.83. The van der Waals surface area contributed by atoms with E-state index in [2.05, 4.69) is 11.9 Å². The summed E-state index contributed by atoms with van der Waals surface area (Å²) in [5, 5.41) is 1.98. The van der Waals surface area contributed by atoms with E-state index in [9.17, 15) is 9.59 Å². The molecule has 3 rings (SSSR count). The SMILES string of the molecule is CN1CCN(C(=O)CCCN2C(=O)/C(=C/c3cccs3)SC2=S)CC1. The summed E-state index contributed by atoms with van der Waals surface area (Å²) in [7, 11) is 2.07. The molecule has 134 valence electrons. The summed E-state index contributed by atoms with van der Waals surface area (Å²) in [6.07, 6.45) is 2.99. The third kappa shape index (κ3) is 4.69. The van der Waals surface area contributed by atoms with Gasteiger partial charge in [-0.2, -0.15) is 0 Å². The third-order valence-electron chi connectivity index (χ3n) is 4.32. The molecule has 5 nitrogen and oxygen atoms in total. The molecule has 1 aromatic rings. The van der Waals surface area contributed by atoms with E-state index in [-0.39, 0.29) is 11.8 Å². The molecule has 0 aliphatic carbocycles. The Kier molecular flexibility index (Phi) is 6.27. The van der Waals surface area contributed by atoms with Crippen molar-refractivity contribution in [3.05, 3.63) is 27.3 Å². The van der Waals surface area contributed by atoms with E-state index in [0.29, 0.717) is 28.6 Å². The number of thiocarbonyl (C=S) groups is 1. The number of hydrogen-bond acceptors (Lipinski definition) is 6. The first-order valence-corrected chi connectivity index (χ1v) is 10.4. The molecule has 3 heterocycles. The van der Waals surface area contributed by atoms with Crippen molar-refractivity contribution in [1.82, 2.24) is 14.7 Å². The quantitative estimate of drug-likeness (QED) is 0.566. The van der Waals surface area contributed by atoms with E-state index >= 15 is 0 Å². The zero-order chi connectivity index (χ0) is 17.8. The van der Waals surface area contributed by atoms with Crippen LogP contribution in [0.3, 0.4) is 0 Å². The van der Waals surface area contributed by atoms with Gasteiger partial charge in [0.25, 0.3) is 5.91 Å². The van der Waals surface area contributed by atoms with Gasteiger partial charge in [0, 0.05) is 44.0 Å². The van der Waals surface area contributed by atoms with Gasteiger partial charge in [0.15, 0.2) is 0 Å². The van der Waals surface area contributed by atoms with Crippen LogP contribution in [0.4, 0.5) is 0 Å². The molecule has 1 aromatic heterocycles. The highest BCUT2D eigenvalue weighted by Gasteiger charge is 2.31. The highest BCUT2D eigenvalue weighted by Crippen LogP contribution is 2.33. The molecule has 0 aromatic carbocycles. The Balaban J connectivity index is 1.49. The summed E-state index contributed by atoms with van der Waals surface area (Å²) >= 11 is 8.27. The molecule has 0 radical (unpaired) electrons. The lowest BCUT2D eigenvalue weighted by Gasteiger charge is -2.32. The summed E-state index contributed by atoms with van der Waals surface area (Å²) in [6.45, 7) is 3.94. The van der Waals surface area contributed by atoms with Crippen molar-refractivity contribution in [2.75, 3.05) is 39.8 Å². The average molecular weight is 396 g/mol. The summed E-state index contributed by atoms with van der Waals surface area (Å²) < 4.78 is 0.583. The zero-order valence-electron chi connectivity index (χ0n) is 14.1. The monoisotopic (exact) mass is 395 g/mol. The van der Waals surface area contributed by atoms with E-state index < -0.39 is 0 Å². The topological polar surface area (TPSA) is 43.9 Å². The number of amides is 2. The van der Waals surface area contributed by atoms with Gasteiger partial charge in [0.1, 0.15) is 4.32 Å². The van der Waals surface area contributed by atoms with E-state index in [0.717, 1.165) is 31.1 Å². The first-order chi connectivity index (χ1) is 12.0. The molecule has 0 atom stereocenters. The van der Waals surface area contributed by atoms with Crippen molar-refractivity contribution in [3.8, 4) is 0 Å². The fourth-order valence-electron chi connectivity index (χ4n) is 2.80. The van der Waals surface area contributed by atoms with E-state index in [1.54, 1.807) is 16.2 Å². The number of likely N-dealkylation sites (N-methyl/N-ethyl adjacent to an activating group) is 1. The maximum Gasteiger partial charge on any atom is 0.266 e. The van der Waals surface area contributed by atoms with Gasteiger partial charge in [0.2, 0.25) is 5.91 Å². The van der Waals surface area contributed by atoms with Crippen LogP contribution in [0.1, 0.15) is 17.7 Å². The second kappa shape index (κ2) is 8.44. The number of nitrogens with zero attached hydrogens (tertiary/aromatic N) is 3. The number of carbonyl (C=O) groups is 2. The number of thiophene rings is 1. The Hall–Kier alpha value is -1.22. The Bertz CT molecular complexity index is 679. The van der Waals surface area contributed by atoms with Crippen molar-refractivity contribution in [3.63, 3.8) is 0 Å². The maximum absolute atomic E-state index is 12.5. The molecule has 0 saturated carbocycles. The van der Waals surface area contributed by atoms with Gasteiger partial charge >= 0.3 is 0 Å². The van der Waals surface area contributed by atoms with E-state index in [1.165, 1.54) is 11.8 Å². The highest BCUT2D eigenvalue weighted by atomic mass is 32.2. The van der Waals surface area contributed by atoms with Gasteiger partial charge < -0.3 is 9.80 Å². The summed E-state index contributed by atoms with van der Waals surface area (Å²) in [5.41, 5.74) is 0. The second-order valence-electron chi connectivity index (χ2n) is 6.14. The summed E-state index contributed by atoms with van der Waals surface area (Å²) in [5.74, 6) is 0.128. The van der Waals surface area contributed by atoms with Crippen molar-refractivity contribution in [2.24, 2.45) is 0 Å². The van der Waals surface area contributed by atoms with Crippen LogP contribution < -0.4 is 0 Å². The van der Waals surface area contributed by atoms with Crippen LogP contribution in [0.5, 0.6) is 0 Å². The molecule has 8 heteroatoms. The Morgan fingerprint density at radius 3 is 2.76 bits per heavy atom.